The number of fused-ring (bicyclic) bond motifs is 1. The quantitative estimate of drug-likeness (QED) is 0.0738. The van der Waals surface area contributed by atoms with E-state index in [0.29, 0.717) is 111 Å². The number of thiazole rings is 1. The number of nitrogens with zero attached hydrogens (tertiary/aromatic N) is 12. The van der Waals surface area contributed by atoms with E-state index < -0.39 is 20.4 Å². The van der Waals surface area contributed by atoms with Gasteiger partial charge in [0.2, 0.25) is 17.6 Å². The first-order valence-corrected chi connectivity index (χ1v) is 30.0. The van der Waals surface area contributed by atoms with E-state index in [9.17, 15) is 27.2 Å². The summed E-state index contributed by atoms with van der Waals surface area (Å²) in [5.41, 5.74) is 3.49. The Balaban J connectivity index is 0.681. The first kappa shape index (κ1) is 56.7. The highest BCUT2D eigenvalue weighted by Crippen LogP contribution is 2.38. The maximum atomic E-state index is 14.1. The van der Waals surface area contributed by atoms with Crippen LogP contribution in [0.4, 0.5) is 22.0 Å². The Labute approximate surface area is 470 Å². The maximum Gasteiger partial charge on any atom is 0.257 e. The summed E-state index contributed by atoms with van der Waals surface area (Å²) in [6.45, 7) is 22.1. The molecule has 21 nitrogen and oxygen atoms in total. The Morgan fingerprint density at radius 3 is 2.38 bits per heavy atom. The van der Waals surface area contributed by atoms with E-state index in [1.165, 1.54) is 41.9 Å². The third-order valence-corrected chi connectivity index (χ3v) is 19.4. The smallest absolute Gasteiger partial charge is 0.257 e. The van der Waals surface area contributed by atoms with E-state index in [-0.39, 0.29) is 59.0 Å². The molecule has 2 amide bonds. The van der Waals surface area contributed by atoms with Crippen LogP contribution in [0.15, 0.2) is 65.4 Å². The van der Waals surface area contributed by atoms with Gasteiger partial charge in [-0.3, -0.25) is 34.2 Å². The first-order chi connectivity index (χ1) is 38.3. The van der Waals surface area contributed by atoms with Crippen molar-refractivity contribution in [3.63, 3.8) is 0 Å². The lowest BCUT2D eigenvalue weighted by molar-refractivity contribution is -0.134. The topological polar surface area (TPSA) is 231 Å². The number of likely N-dealkylation sites (tertiary alicyclic amines) is 1. The molecule has 6 aromatic rings. The van der Waals surface area contributed by atoms with Gasteiger partial charge in [0.1, 0.15) is 39.3 Å². The molecule has 3 N–H and O–H groups in total. The highest BCUT2D eigenvalue weighted by molar-refractivity contribution is 7.92. The summed E-state index contributed by atoms with van der Waals surface area (Å²) >= 11 is 1.39. The van der Waals surface area contributed by atoms with Crippen molar-refractivity contribution in [3.8, 4) is 5.75 Å². The number of piperazine rings is 3. The summed E-state index contributed by atoms with van der Waals surface area (Å²) in [5, 5.41) is 17.2. The molecule has 10 rings (SSSR count). The first-order valence-electron chi connectivity index (χ1n) is 27.6. The summed E-state index contributed by atoms with van der Waals surface area (Å²) in [6.07, 6.45) is 6.97. The van der Waals surface area contributed by atoms with E-state index in [4.69, 9.17) is 4.74 Å². The summed E-state index contributed by atoms with van der Waals surface area (Å²) in [7, 11) is -3.84. The molecule has 4 aromatic heterocycles. The zero-order valence-corrected chi connectivity index (χ0v) is 48.2. The van der Waals surface area contributed by atoms with E-state index in [0.717, 1.165) is 55.3 Å². The van der Waals surface area contributed by atoms with Crippen LogP contribution in [0.2, 0.25) is 0 Å². The van der Waals surface area contributed by atoms with Crippen LogP contribution >= 0.6 is 11.3 Å². The lowest BCUT2D eigenvalue weighted by Crippen LogP contribution is -2.63. The number of rotatable bonds is 17. The number of halogens is 1. The number of sulfone groups is 1. The number of ketones is 1. The lowest BCUT2D eigenvalue weighted by Gasteiger charge is -2.45. The van der Waals surface area contributed by atoms with Crippen molar-refractivity contribution in [1.29, 1.82) is 0 Å². The van der Waals surface area contributed by atoms with Gasteiger partial charge >= 0.3 is 0 Å². The van der Waals surface area contributed by atoms with E-state index >= 15 is 0 Å². The van der Waals surface area contributed by atoms with Crippen LogP contribution < -0.4 is 20.3 Å². The number of benzene rings is 2. The second kappa shape index (κ2) is 23.9. The summed E-state index contributed by atoms with van der Waals surface area (Å²) in [4.78, 5) is 77.0. The van der Waals surface area contributed by atoms with E-state index in [1.807, 2.05) is 23.6 Å². The average Bonchev–Trinajstić information content (AvgIpc) is 4.27. The summed E-state index contributed by atoms with van der Waals surface area (Å²) < 4.78 is 46.6. The van der Waals surface area contributed by atoms with Crippen molar-refractivity contribution in [1.82, 2.24) is 64.9 Å². The van der Waals surface area contributed by atoms with Crippen LogP contribution in [0.3, 0.4) is 0 Å². The van der Waals surface area contributed by atoms with Gasteiger partial charge in [-0.2, -0.15) is 5.10 Å². The molecule has 4 atom stereocenters. The second-order valence-corrected chi connectivity index (χ2v) is 26.1. The van der Waals surface area contributed by atoms with Crippen LogP contribution in [0.1, 0.15) is 103 Å². The molecule has 80 heavy (non-hydrogen) atoms. The van der Waals surface area contributed by atoms with E-state index in [1.54, 1.807) is 50.7 Å². The Morgan fingerprint density at radius 1 is 0.900 bits per heavy atom. The van der Waals surface area contributed by atoms with Gasteiger partial charge in [-0.1, -0.05) is 0 Å². The fourth-order valence-corrected chi connectivity index (χ4v) is 13.2. The Bertz CT molecular complexity index is 3310. The number of aryl methyl sites for hydroxylation is 1. The molecule has 0 bridgehead atoms. The number of hydrogen-bond donors (Lipinski definition) is 3. The number of nitrogens with one attached hydrogen (secondary N) is 3. The van der Waals surface area contributed by atoms with Crippen molar-refractivity contribution in [2.24, 2.45) is 0 Å². The van der Waals surface area contributed by atoms with Crippen LogP contribution in [-0.4, -0.2) is 200 Å². The number of carbonyl (C=O) groups excluding carboxylic acids is 3. The molecular formula is C56H72FN15O6S2. The third-order valence-electron chi connectivity index (χ3n) is 16.0. The van der Waals surface area contributed by atoms with Crippen LogP contribution in [0, 0.1) is 19.7 Å². The monoisotopic (exact) mass is 1130 g/mol. The molecule has 2 aromatic carbocycles. The minimum atomic E-state index is -3.84. The van der Waals surface area contributed by atoms with Crippen molar-refractivity contribution in [2.75, 3.05) is 102 Å². The standard InChI is InChI=1S/C56H72FN15O6S2/c1-35-29-71(32-49(73)72-16-8-10-46(72)53-63-45(33-79-53)50(74)39-11-13-41(57)14-12-39)42(28-58-35)31-69-21-22-70(30-36(69)2)55-59-26-40(27-60-55)54(75)68-19-17-67(18-20-68)15-9-23-78-47-25-44-43(24-48(47)80(76,77)56(5,6)7)52(62-34-61-44)64-51-37(3)38(4)65-66-51/h11-14,24-27,33-36,42,46,58H,8-10,15-23,28-32H2,1-7H3,(H2,61,62,64,65,66)/t35-,36-,42-,46+/m1/s1. The number of amides is 2. The number of ether oxygens (including phenoxy) is 1. The number of H-pyrrole nitrogens is 1. The molecule has 0 saturated carbocycles. The molecule has 0 unspecified atom stereocenters. The zero-order chi connectivity index (χ0) is 56.5. The molecule has 4 aliphatic rings. The Kier molecular flexibility index (Phi) is 16.9. The minimum absolute atomic E-state index is 0.0643. The number of aromatic amines is 1. The predicted octanol–water partition coefficient (Wildman–Crippen LogP) is 5.67. The number of anilines is 3. The van der Waals surface area contributed by atoms with Gasteiger partial charge in [-0.15, -0.1) is 11.3 Å². The van der Waals surface area contributed by atoms with Gasteiger partial charge in [0, 0.05) is 143 Å². The van der Waals surface area contributed by atoms with Gasteiger partial charge in [0.05, 0.1) is 35.0 Å². The molecule has 0 aliphatic carbocycles. The van der Waals surface area contributed by atoms with Crippen LogP contribution in [0.25, 0.3) is 10.9 Å². The van der Waals surface area contributed by atoms with E-state index in [2.05, 4.69) is 79.2 Å². The Morgan fingerprint density at radius 2 is 1.66 bits per heavy atom. The van der Waals surface area contributed by atoms with Crippen molar-refractivity contribution in [3.05, 3.63) is 99.4 Å². The van der Waals surface area contributed by atoms with Crippen molar-refractivity contribution >= 4 is 67.3 Å². The molecular weight excluding hydrogens is 1060 g/mol. The largest absolute Gasteiger partial charge is 0.492 e. The van der Waals surface area contributed by atoms with Crippen molar-refractivity contribution < 1.29 is 31.9 Å². The van der Waals surface area contributed by atoms with Gasteiger partial charge in [-0.05, 0) is 98.1 Å². The maximum absolute atomic E-state index is 14.1. The normalized spacial score (nSPS) is 20.9. The van der Waals surface area contributed by atoms with Gasteiger partial charge < -0.3 is 30.1 Å². The highest BCUT2D eigenvalue weighted by atomic mass is 32.2. The zero-order valence-electron chi connectivity index (χ0n) is 46.6. The number of aromatic nitrogens is 7. The van der Waals surface area contributed by atoms with Gasteiger partial charge in [-0.25, -0.2) is 37.7 Å². The van der Waals surface area contributed by atoms with Crippen molar-refractivity contribution in [2.45, 2.75) is 102 Å². The molecule has 0 radical (unpaired) electrons. The molecule has 0 spiro atoms. The molecule has 426 valence electrons. The molecule has 8 heterocycles. The fraction of sp³-hybridized carbons (Fsp3) is 0.518. The Hall–Kier alpha value is -6.57. The SMILES string of the molecule is Cc1[nH]nc(Nc2ncnc3cc(OCCCN4CCN(C(=O)c5cnc(N6CCN(C[C@H]7CN[C@H](C)CN7CC(=O)N7CCC[C@H]7c7nc(C(=O)c8ccc(F)cc8)cs7)[C@H](C)C6)nc5)CC4)c(S(=O)(=O)C(C)(C)C)cc23)c1C. The molecule has 24 heteroatoms. The molecule has 4 fully saturated rings. The van der Waals surface area contributed by atoms with Gasteiger partial charge in [0.25, 0.3) is 5.91 Å². The second-order valence-electron chi connectivity index (χ2n) is 22.5. The predicted molar refractivity (Wildman–Crippen MR) is 304 cm³/mol. The molecule has 4 aliphatic heterocycles. The summed E-state index contributed by atoms with van der Waals surface area (Å²) in [6, 6.07) is 9.08. The fourth-order valence-electron chi connectivity index (χ4n) is 11.0. The minimum Gasteiger partial charge on any atom is -0.492 e. The highest BCUT2D eigenvalue weighted by Gasteiger charge is 2.38. The third kappa shape index (κ3) is 12.3. The van der Waals surface area contributed by atoms with Gasteiger partial charge in [0.15, 0.2) is 15.7 Å². The number of carbonyl (C=O) groups is 3. The number of hydrogen-bond acceptors (Lipinski definition) is 19. The summed E-state index contributed by atoms with van der Waals surface area (Å²) in [5.74, 6) is 1.15. The average molecular weight is 1130 g/mol. The lowest BCUT2D eigenvalue weighted by atomic mass is 10.1. The van der Waals surface area contributed by atoms with Crippen LogP contribution in [0.5, 0.6) is 5.75 Å². The van der Waals surface area contributed by atoms with Crippen LogP contribution in [-0.2, 0) is 14.6 Å². The molecule has 4 saturated heterocycles.